The zero-order valence-corrected chi connectivity index (χ0v) is 12.8. The highest BCUT2D eigenvalue weighted by Crippen LogP contribution is 2.27. The van der Waals surface area contributed by atoms with Gasteiger partial charge >= 0.3 is 0 Å². The van der Waals surface area contributed by atoms with Crippen LogP contribution in [0.3, 0.4) is 0 Å². The van der Waals surface area contributed by atoms with Gasteiger partial charge in [0.25, 0.3) is 0 Å². The van der Waals surface area contributed by atoms with Crippen molar-refractivity contribution in [3.63, 3.8) is 0 Å². The second kappa shape index (κ2) is 7.52. The molecule has 1 heterocycles. The Kier molecular flexibility index (Phi) is 5.20. The average Bonchev–Trinajstić information content (AvgIpc) is 2.57. The Morgan fingerprint density at radius 3 is 2.36 bits per heavy atom. The summed E-state index contributed by atoms with van der Waals surface area (Å²) in [6.45, 7) is 4.80. The van der Waals surface area contributed by atoms with Crippen molar-refractivity contribution in [2.45, 2.75) is 12.8 Å². The van der Waals surface area contributed by atoms with Crippen molar-refractivity contribution in [2.75, 3.05) is 32.8 Å². The molecule has 0 radical (unpaired) electrons. The molecule has 1 saturated heterocycles. The van der Waals surface area contributed by atoms with Crippen LogP contribution in [0, 0.1) is 5.82 Å². The van der Waals surface area contributed by atoms with E-state index in [4.69, 9.17) is 4.74 Å². The fourth-order valence-corrected chi connectivity index (χ4v) is 3.00. The summed E-state index contributed by atoms with van der Waals surface area (Å²) in [6.07, 6.45) is 2.06. The first-order valence-electron chi connectivity index (χ1n) is 7.97. The molecule has 1 aliphatic heterocycles. The van der Waals surface area contributed by atoms with Crippen LogP contribution in [-0.4, -0.2) is 37.7 Å². The van der Waals surface area contributed by atoms with E-state index in [1.165, 1.54) is 11.6 Å². The Hall–Kier alpha value is -1.71. The van der Waals surface area contributed by atoms with Crippen LogP contribution in [0.4, 0.5) is 4.39 Å². The van der Waals surface area contributed by atoms with Gasteiger partial charge in [-0.05, 0) is 36.6 Å². The first kappa shape index (κ1) is 15.2. The molecule has 0 aromatic heterocycles. The fourth-order valence-electron chi connectivity index (χ4n) is 3.00. The third kappa shape index (κ3) is 3.73. The van der Waals surface area contributed by atoms with Gasteiger partial charge in [-0.2, -0.15) is 0 Å². The predicted molar refractivity (Wildman–Crippen MR) is 87.4 cm³/mol. The van der Waals surface area contributed by atoms with E-state index in [1.54, 1.807) is 6.07 Å². The number of hydrogen-bond donors (Lipinski definition) is 0. The zero-order chi connectivity index (χ0) is 15.2. The summed E-state index contributed by atoms with van der Waals surface area (Å²) >= 11 is 0. The monoisotopic (exact) mass is 299 g/mol. The van der Waals surface area contributed by atoms with Gasteiger partial charge in [0.15, 0.2) is 0 Å². The number of morpholine rings is 1. The van der Waals surface area contributed by atoms with Crippen LogP contribution in [0.5, 0.6) is 0 Å². The van der Waals surface area contributed by atoms with Crippen molar-refractivity contribution in [3.8, 4) is 11.1 Å². The number of halogens is 1. The van der Waals surface area contributed by atoms with E-state index in [0.29, 0.717) is 5.56 Å². The summed E-state index contributed by atoms with van der Waals surface area (Å²) < 4.78 is 19.4. The minimum absolute atomic E-state index is 0.150. The molecule has 0 N–H and O–H groups in total. The van der Waals surface area contributed by atoms with Crippen LogP contribution >= 0.6 is 0 Å². The number of rotatable bonds is 5. The van der Waals surface area contributed by atoms with E-state index in [0.717, 1.165) is 51.3 Å². The molecule has 22 heavy (non-hydrogen) atoms. The zero-order valence-electron chi connectivity index (χ0n) is 12.8. The fraction of sp³-hybridized carbons (Fsp3) is 0.368. The molecule has 3 heteroatoms. The maximum absolute atomic E-state index is 14.0. The number of benzene rings is 2. The van der Waals surface area contributed by atoms with Crippen LogP contribution < -0.4 is 0 Å². The van der Waals surface area contributed by atoms with E-state index in [-0.39, 0.29) is 5.82 Å². The Labute approximate surface area is 131 Å². The molecule has 3 rings (SSSR count). The summed E-state index contributed by atoms with van der Waals surface area (Å²) in [5.74, 6) is -0.150. The number of ether oxygens (including phenoxy) is 1. The Bertz CT molecular complexity index is 608. The molecule has 0 spiro atoms. The quantitative estimate of drug-likeness (QED) is 0.833. The third-order valence-electron chi connectivity index (χ3n) is 4.21. The molecular weight excluding hydrogens is 277 g/mol. The smallest absolute Gasteiger partial charge is 0.131 e. The highest BCUT2D eigenvalue weighted by Gasteiger charge is 2.11. The molecule has 0 saturated carbocycles. The Morgan fingerprint density at radius 2 is 1.59 bits per heavy atom. The van der Waals surface area contributed by atoms with Crippen molar-refractivity contribution >= 4 is 0 Å². The van der Waals surface area contributed by atoms with E-state index in [9.17, 15) is 4.39 Å². The average molecular weight is 299 g/mol. The maximum atomic E-state index is 14.0. The predicted octanol–water partition coefficient (Wildman–Crippen LogP) is 3.76. The lowest BCUT2D eigenvalue weighted by Gasteiger charge is -2.26. The minimum atomic E-state index is -0.150. The summed E-state index contributed by atoms with van der Waals surface area (Å²) in [6, 6.07) is 15.2. The standard InChI is InChI=1S/C19H22FNO/c20-19-10-4-3-9-18(19)17-8-2-1-6-16(17)7-5-11-21-12-14-22-15-13-21/h1-4,6,8-10H,5,7,11-15H2. The molecule has 1 fully saturated rings. The van der Waals surface area contributed by atoms with Crippen molar-refractivity contribution in [2.24, 2.45) is 0 Å². The first-order chi connectivity index (χ1) is 10.8. The topological polar surface area (TPSA) is 12.5 Å². The minimum Gasteiger partial charge on any atom is -0.379 e. The molecule has 2 aromatic carbocycles. The highest BCUT2D eigenvalue weighted by atomic mass is 19.1. The van der Waals surface area contributed by atoms with E-state index in [1.807, 2.05) is 30.3 Å². The molecule has 0 bridgehead atoms. The van der Waals surface area contributed by atoms with Crippen LogP contribution in [0.2, 0.25) is 0 Å². The third-order valence-corrected chi connectivity index (χ3v) is 4.21. The number of aryl methyl sites for hydroxylation is 1. The summed E-state index contributed by atoms with van der Waals surface area (Å²) in [4.78, 5) is 2.44. The lowest BCUT2D eigenvalue weighted by Crippen LogP contribution is -2.36. The molecule has 116 valence electrons. The lowest BCUT2D eigenvalue weighted by molar-refractivity contribution is 0.0375. The Balaban J connectivity index is 1.68. The molecule has 0 unspecified atom stereocenters. The van der Waals surface area contributed by atoms with Gasteiger partial charge in [-0.15, -0.1) is 0 Å². The van der Waals surface area contributed by atoms with Crippen LogP contribution in [0.25, 0.3) is 11.1 Å². The van der Waals surface area contributed by atoms with Crippen LogP contribution in [0.1, 0.15) is 12.0 Å². The Morgan fingerprint density at radius 1 is 0.909 bits per heavy atom. The molecule has 0 atom stereocenters. The molecule has 0 amide bonds. The van der Waals surface area contributed by atoms with Crippen LogP contribution in [-0.2, 0) is 11.2 Å². The van der Waals surface area contributed by atoms with Crippen molar-refractivity contribution < 1.29 is 9.13 Å². The first-order valence-corrected chi connectivity index (χ1v) is 7.97. The van der Waals surface area contributed by atoms with Gasteiger partial charge in [-0.3, -0.25) is 4.90 Å². The van der Waals surface area contributed by atoms with Crippen molar-refractivity contribution in [1.29, 1.82) is 0 Å². The molecular formula is C19H22FNO. The second-order valence-electron chi connectivity index (χ2n) is 5.69. The highest BCUT2D eigenvalue weighted by molar-refractivity contribution is 5.67. The second-order valence-corrected chi connectivity index (χ2v) is 5.69. The van der Waals surface area contributed by atoms with Gasteiger partial charge in [0.2, 0.25) is 0 Å². The van der Waals surface area contributed by atoms with Gasteiger partial charge in [0, 0.05) is 18.7 Å². The summed E-state index contributed by atoms with van der Waals surface area (Å²) in [7, 11) is 0. The lowest BCUT2D eigenvalue weighted by atomic mass is 9.96. The summed E-state index contributed by atoms with van der Waals surface area (Å²) in [5, 5.41) is 0. The van der Waals surface area contributed by atoms with Gasteiger partial charge in [0.05, 0.1) is 13.2 Å². The van der Waals surface area contributed by atoms with Crippen LogP contribution in [0.15, 0.2) is 48.5 Å². The van der Waals surface area contributed by atoms with E-state index in [2.05, 4.69) is 11.0 Å². The maximum Gasteiger partial charge on any atom is 0.131 e. The molecule has 0 aliphatic carbocycles. The van der Waals surface area contributed by atoms with Crippen molar-refractivity contribution in [1.82, 2.24) is 4.90 Å². The van der Waals surface area contributed by atoms with Gasteiger partial charge in [-0.25, -0.2) is 4.39 Å². The van der Waals surface area contributed by atoms with Crippen molar-refractivity contribution in [3.05, 3.63) is 59.9 Å². The normalized spacial score (nSPS) is 15.9. The molecule has 1 aliphatic rings. The SMILES string of the molecule is Fc1ccccc1-c1ccccc1CCCN1CCOCC1. The van der Waals surface area contributed by atoms with E-state index < -0.39 is 0 Å². The van der Waals surface area contributed by atoms with Gasteiger partial charge in [0.1, 0.15) is 5.82 Å². The van der Waals surface area contributed by atoms with Gasteiger partial charge < -0.3 is 4.74 Å². The summed E-state index contributed by atoms with van der Waals surface area (Å²) in [5.41, 5.74) is 2.94. The van der Waals surface area contributed by atoms with E-state index >= 15 is 0 Å². The largest absolute Gasteiger partial charge is 0.379 e. The number of nitrogens with zero attached hydrogens (tertiary/aromatic N) is 1. The molecule has 2 nitrogen and oxygen atoms in total. The number of hydrogen-bond acceptors (Lipinski definition) is 2. The molecule has 2 aromatic rings. The van der Waals surface area contributed by atoms with Gasteiger partial charge in [-0.1, -0.05) is 42.5 Å².